The molecule has 1 aliphatic heterocycles. The lowest BCUT2D eigenvalue weighted by atomic mass is 10.0. The molecule has 1 aliphatic rings. The van der Waals surface area contributed by atoms with Crippen LogP contribution in [-0.4, -0.2) is 50.2 Å². The molecule has 5 nitrogen and oxygen atoms in total. The highest BCUT2D eigenvalue weighted by Gasteiger charge is 2.21. The second-order valence-corrected chi connectivity index (χ2v) is 7.13. The fourth-order valence-electron chi connectivity index (χ4n) is 3.25. The largest absolute Gasteiger partial charge is 0.434 e. The molecule has 2 rings (SSSR count). The lowest BCUT2D eigenvalue weighted by molar-refractivity contribution is -0.0506. The van der Waals surface area contributed by atoms with Crippen LogP contribution in [0.15, 0.2) is 23.2 Å². The molecule has 0 aliphatic carbocycles. The van der Waals surface area contributed by atoms with Crippen LogP contribution in [0.25, 0.3) is 0 Å². The van der Waals surface area contributed by atoms with E-state index in [4.69, 9.17) is 0 Å². The number of piperidine rings is 1. The van der Waals surface area contributed by atoms with E-state index in [1.54, 1.807) is 7.05 Å². The highest BCUT2D eigenvalue weighted by molar-refractivity contribution is 14.0. The quantitative estimate of drug-likeness (QED) is 0.330. The van der Waals surface area contributed by atoms with E-state index < -0.39 is 12.4 Å². The number of nitrogens with one attached hydrogen (secondary N) is 2. The summed E-state index contributed by atoms with van der Waals surface area (Å²) in [4.78, 5) is 6.61. The van der Waals surface area contributed by atoms with Gasteiger partial charge in [-0.3, -0.25) is 4.99 Å². The Kier molecular flexibility index (Phi) is 10.9. The van der Waals surface area contributed by atoms with Crippen LogP contribution in [0.2, 0.25) is 0 Å². The van der Waals surface area contributed by atoms with Crippen LogP contribution in [0.4, 0.5) is 13.2 Å². The van der Waals surface area contributed by atoms with E-state index in [9.17, 15) is 13.2 Å². The Hall–Kier alpha value is -1.23. The normalized spacial score (nSPS) is 16.2. The summed E-state index contributed by atoms with van der Waals surface area (Å²) in [6.07, 6.45) is 1.99. The third-order valence-corrected chi connectivity index (χ3v) is 4.50. The van der Waals surface area contributed by atoms with Gasteiger partial charge in [0.1, 0.15) is 11.6 Å². The van der Waals surface area contributed by atoms with Crippen molar-refractivity contribution in [2.24, 2.45) is 10.9 Å². The molecule has 0 bridgehead atoms. The maximum atomic E-state index is 14.0. The van der Waals surface area contributed by atoms with Crippen LogP contribution in [0.1, 0.15) is 32.3 Å². The van der Waals surface area contributed by atoms with Crippen molar-refractivity contribution in [1.29, 1.82) is 0 Å². The smallest absolute Gasteiger partial charge is 0.387 e. The van der Waals surface area contributed by atoms with E-state index >= 15 is 0 Å². The number of hydrogen-bond donors (Lipinski definition) is 2. The van der Waals surface area contributed by atoms with Crippen molar-refractivity contribution < 1.29 is 17.9 Å². The van der Waals surface area contributed by atoms with E-state index in [2.05, 4.69) is 39.1 Å². The van der Waals surface area contributed by atoms with Crippen LogP contribution >= 0.6 is 24.0 Å². The van der Waals surface area contributed by atoms with Gasteiger partial charge in [-0.05, 0) is 30.9 Å². The zero-order chi connectivity index (χ0) is 19.8. The van der Waals surface area contributed by atoms with Crippen molar-refractivity contribution in [2.75, 3.05) is 26.7 Å². The number of hydrogen-bond acceptors (Lipinski definition) is 3. The standard InChI is InChI=1S/C19H29F3N4O.HI/c1-13(2)12-26-9-7-14(8-10-26)25-19(23-3)24-11-15-16(20)5-4-6-17(15)27-18(21)22;/h4-6,13-14,18H,7-12H2,1-3H3,(H2,23,24,25);1H. The molecule has 1 saturated heterocycles. The lowest BCUT2D eigenvalue weighted by Gasteiger charge is -2.34. The fraction of sp³-hybridized carbons (Fsp3) is 0.632. The van der Waals surface area contributed by atoms with Gasteiger partial charge in [0.05, 0.1) is 0 Å². The van der Waals surface area contributed by atoms with Crippen LogP contribution in [0.3, 0.4) is 0 Å². The third kappa shape index (κ3) is 8.02. The number of halogens is 4. The van der Waals surface area contributed by atoms with Crippen LogP contribution in [-0.2, 0) is 6.54 Å². The maximum absolute atomic E-state index is 14.0. The number of rotatable bonds is 7. The van der Waals surface area contributed by atoms with Gasteiger partial charge in [-0.2, -0.15) is 8.78 Å². The summed E-state index contributed by atoms with van der Waals surface area (Å²) in [5.74, 6) is 0.394. The first-order chi connectivity index (χ1) is 12.9. The molecule has 0 aromatic heterocycles. The molecule has 1 aromatic carbocycles. The molecule has 28 heavy (non-hydrogen) atoms. The molecule has 1 heterocycles. The summed E-state index contributed by atoms with van der Waals surface area (Å²) < 4.78 is 43.5. The van der Waals surface area contributed by atoms with Crippen molar-refractivity contribution in [3.63, 3.8) is 0 Å². The molecule has 0 amide bonds. The van der Waals surface area contributed by atoms with E-state index in [1.807, 2.05) is 0 Å². The Morgan fingerprint density at radius 2 is 1.96 bits per heavy atom. The van der Waals surface area contributed by atoms with Crippen molar-refractivity contribution in [3.05, 3.63) is 29.6 Å². The summed E-state index contributed by atoms with van der Waals surface area (Å²) in [6.45, 7) is 4.56. The lowest BCUT2D eigenvalue weighted by Crippen LogP contribution is -2.49. The van der Waals surface area contributed by atoms with E-state index in [0.29, 0.717) is 11.9 Å². The first-order valence-electron chi connectivity index (χ1n) is 9.30. The molecular weight excluding hydrogens is 484 g/mol. The predicted molar refractivity (Wildman–Crippen MR) is 116 cm³/mol. The van der Waals surface area contributed by atoms with Gasteiger partial charge in [-0.15, -0.1) is 24.0 Å². The number of alkyl halides is 2. The Morgan fingerprint density at radius 3 is 2.54 bits per heavy atom. The molecule has 0 spiro atoms. The van der Waals surface area contributed by atoms with Crippen molar-refractivity contribution in [3.8, 4) is 5.75 Å². The van der Waals surface area contributed by atoms with Gasteiger partial charge >= 0.3 is 6.61 Å². The van der Waals surface area contributed by atoms with Crippen LogP contribution < -0.4 is 15.4 Å². The molecule has 0 atom stereocenters. The molecule has 9 heteroatoms. The minimum Gasteiger partial charge on any atom is -0.434 e. The molecular formula is C19H30F3IN4O. The number of likely N-dealkylation sites (tertiary alicyclic amines) is 1. The van der Waals surface area contributed by atoms with E-state index in [-0.39, 0.29) is 47.9 Å². The third-order valence-electron chi connectivity index (χ3n) is 4.50. The number of guanidine groups is 1. The van der Waals surface area contributed by atoms with Gasteiger partial charge in [0.15, 0.2) is 5.96 Å². The van der Waals surface area contributed by atoms with Gasteiger partial charge in [0, 0.05) is 44.8 Å². The molecule has 0 saturated carbocycles. The van der Waals surface area contributed by atoms with Crippen molar-refractivity contribution >= 4 is 29.9 Å². The predicted octanol–water partition coefficient (Wildman–Crippen LogP) is 3.83. The Morgan fingerprint density at radius 1 is 1.29 bits per heavy atom. The SMILES string of the molecule is CN=C(NCc1c(F)cccc1OC(F)F)NC1CCN(CC(C)C)CC1.I. The molecule has 2 N–H and O–H groups in total. The topological polar surface area (TPSA) is 48.9 Å². The monoisotopic (exact) mass is 514 g/mol. The Balaban J connectivity index is 0.00000392. The highest BCUT2D eigenvalue weighted by Crippen LogP contribution is 2.23. The van der Waals surface area contributed by atoms with E-state index in [0.717, 1.165) is 32.5 Å². The minimum absolute atomic E-state index is 0. The average molecular weight is 514 g/mol. The fourth-order valence-corrected chi connectivity index (χ4v) is 3.25. The van der Waals surface area contributed by atoms with Crippen molar-refractivity contribution in [2.45, 2.75) is 45.9 Å². The first-order valence-corrected chi connectivity index (χ1v) is 9.30. The molecule has 1 fully saturated rings. The summed E-state index contributed by atoms with van der Waals surface area (Å²) in [5.41, 5.74) is 0.0486. The van der Waals surface area contributed by atoms with Crippen molar-refractivity contribution in [1.82, 2.24) is 15.5 Å². The highest BCUT2D eigenvalue weighted by atomic mass is 127. The van der Waals surface area contributed by atoms with Gasteiger partial charge in [-0.25, -0.2) is 4.39 Å². The second-order valence-electron chi connectivity index (χ2n) is 7.13. The number of benzene rings is 1. The molecule has 160 valence electrons. The Bertz CT molecular complexity index is 623. The summed E-state index contributed by atoms with van der Waals surface area (Å²) in [6, 6.07) is 4.16. The summed E-state index contributed by atoms with van der Waals surface area (Å²) >= 11 is 0. The minimum atomic E-state index is -3.00. The van der Waals surface area contributed by atoms with Crippen LogP contribution in [0.5, 0.6) is 5.75 Å². The van der Waals surface area contributed by atoms with Crippen LogP contribution in [0, 0.1) is 11.7 Å². The summed E-state index contributed by atoms with van der Waals surface area (Å²) in [7, 11) is 1.63. The van der Waals surface area contributed by atoms with Gasteiger partial charge in [0.2, 0.25) is 0 Å². The second kappa shape index (κ2) is 12.4. The summed E-state index contributed by atoms with van der Waals surface area (Å²) in [5, 5.41) is 6.32. The van der Waals surface area contributed by atoms with Gasteiger partial charge < -0.3 is 20.3 Å². The van der Waals surface area contributed by atoms with E-state index in [1.165, 1.54) is 18.2 Å². The molecule has 0 radical (unpaired) electrons. The zero-order valence-corrected chi connectivity index (χ0v) is 18.9. The zero-order valence-electron chi connectivity index (χ0n) is 16.6. The number of ether oxygens (including phenoxy) is 1. The first kappa shape index (κ1) is 24.8. The number of aliphatic imine (C=N–C) groups is 1. The molecule has 1 aromatic rings. The molecule has 0 unspecified atom stereocenters. The number of nitrogens with zero attached hydrogens (tertiary/aromatic N) is 2. The maximum Gasteiger partial charge on any atom is 0.387 e. The van der Waals surface area contributed by atoms with Gasteiger partial charge in [-0.1, -0.05) is 19.9 Å². The van der Waals surface area contributed by atoms with Gasteiger partial charge in [0.25, 0.3) is 0 Å². The average Bonchev–Trinajstić information content (AvgIpc) is 2.60. The Labute approximate surface area is 182 Å².